The van der Waals surface area contributed by atoms with Crippen molar-refractivity contribution in [3.05, 3.63) is 35.3 Å². The molecule has 1 rings (SSSR count). The molecular weight excluding hydrogens is 237 g/mol. The van der Waals surface area contributed by atoms with Crippen LogP contribution >= 0.6 is 11.6 Å². The highest BCUT2D eigenvalue weighted by molar-refractivity contribution is 6.32. The van der Waals surface area contributed by atoms with Crippen LogP contribution in [0, 0.1) is 5.82 Å². The maximum Gasteiger partial charge on any atom is 0.240 e. The highest BCUT2D eigenvalue weighted by Gasteiger charge is 2.10. The van der Waals surface area contributed by atoms with E-state index in [1.807, 2.05) is 0 Å². The molecule has 0 fully saturated rings. The number of aldehydes is 1. The Morgan fingerprint density at radius 2 is 2.31 bits per heavy atom. The number of benzene rings is 1. The van der Waals surface area contributed by atoms with Gasteiger partial charge in [-0.05, 0) is 6.07 Å². The van der Waals surface area contributed by atoms with Crippen molar-refractivity contribution in [2.24, 2.45) is 4.99 Å². The Bertz CT molecular complexity index is 495. The standard InChI is InChI=1S/C10H5ClFNO3/c1-6(4-14)16-10-3-9(13-5-15)8(12)2-7(10)11/h2-4H,1H2. The van der Waals surface area contributed by atoms with Gasteiger partial charge in [0.2, 0.25) is 6.08 Å². The van der Waals surface area contributed by atoms with E-state index in [0.717, 1.165) is 12.1 Å². The Hall–Kier alpha value is -1.97. The topological polar surface area (TPSA) is 55.7 Å². The third kappa shape index (κ3) is 2.76. The number of halogens is 2. The molecule has 0 radical (unpaired) electrons. The van der Waals surface area contributed by atoms with Gasteiger partial charge < -0.3 is 4.74 Å². The van der Waals surface area contributed by atoms with Gasteiger partial charge in [0.05, 0.1) is 5.02 Å². The summed E-state index contributed by atoms with van der Waals surface area (Å²) in [6, 6.07) is 1.97. The third-order valence-electron chi connectivity index (χ3n) is 1.54. The molecule has 0 atom stereocenters. The molecule has 1 aromatic rings. The average molecular weight is 242 g/mol. The molecule has 0 aliphatic rings. The van der Waals surface area contributed by atoms with Crippen molar-refractivity contribution >= 4 is 29.7 Å². The molecule has 16 heavy (non-hydrogen) atoms. The normalized spacial score (nSPS) is 9.12. The zero-order valence-electron chi connectivity index (χ0n) is 7.87. The average Bonchev–Trinajstić information content (AvgIpc) is 2.25. The molecule has 0 amide bonds. The number of isocyanates is 1. The van der Waals surface area contributed by atoms with Crippen LogP contribution in [0.25, 0.3) is 0 Å². The first kappa shape index (κ1) is 12.1. The van der Waals surface area contributed by atoms with Gasteiger partial charge in [0.25, 0.3) is 0 Å². The predicted molar refractivity (Wildman–Crippen MR) is 55.0 cm³/mol. The van der Waals surface area contributed by atoms with Crippen molar-refractivity contribution in [3.63, 3.8) is 0 Å². The third-order valence-corrected chi connectivity index (χ3v) is 1.84. The lowest BCUT2D eigenvalue weighted by molar-refractivity contribution is -0.106. The fraction of sp³-hybridized carbons (Fsp3) is 0. The molecule has 4 nitrogen and oxygen atoms in total. The molecule has 0 unspecified atom stereocenters. The second-order valence-corrected chi connectivity index (χ2v) is 3.03. The highest BCUT2D eigenvalue weighted by Crippen LogP contribution is 2.32. The van der Waals surface area contributed by atoms with Gasteiger partial charge >= 0.3 is 0 Å². The van der Waals surface area contributed by atoms with Gasteiger partial charge in [-0.25, -0.2) is 9.18 Å². The number of rotatable bonds is 4. The summed E-state index contributed by atoms with van der Waals surface area (Å²) < 4.78 is 18.0. The van der Waals surface area contributed by atoms with Crippen molar-refractivity contribution in [3.8, 4) is 5.75 Å². The van der Waals surface area contributed by atoms with E-state index >= 15 is 0 Å². The molecule has 0 spiro atoms. The first-order chi connectivity index (χ1) is 7.58. The van der Waals surface area contributed by atoms with Crippen LogP contribution in [0.5, 0.6) is 5.75 Å². The minimum absolute atomic E-state index is 0.0193. The van der Waals surface area contributed by atoms with E-state index in [9.17, 15) is 14.0 Å². The van der Waals surface area contributed by atoms with Crippen molar-refractivity contribution in [1.29, 1.82) is 0 Å². The maximum absolute atomic E-state index is 13.1. The summed E-state index contributed by atoms with van der Waals surface area (Å²) in [5, 5.41) is -0.0645. The van der Waals surface area contributed by atoms with E-state index in [-0.39, 0.29) is 22.2 Å². The van der Waals surface area contributed by atoms with Crippen LogP contribution in [0.3, 0.4) is 0 Å². The SMILES string of the molecule is C=C(C=O)Oc1cc(N=C=O)c(F)cc1Cl. The molecule has 0 aromatic heterocycles. The molecule has 0 saturated carbocycles. The summed E-state index contributed by atoms with van der Waals surface area (Å²) in [7, 11) is 0. The van der Waals surface area contributed by atoms with Crippen molar-refractivity contribution in [1.82, 2.24) is 0 Å². The molecule has 0 bridgehead atoms. The number of carbonyl (C=O) groups is 1. The van der Waals surface area contributed by atoms with Gasteiger partial charge in [0, 0.05) is 6.07 Å². The van der Waals surface area contributed by atoms with Gasteiger partial charge in [0.1, 0.15) is 11.4 Å². The Kier molecular flexibility index (Phi) is 3.94. The second kappa shape index (κ2) is 5.21. The minimum Gasteiger partial charge on any atom is -0.453 e. The molecule has 6 heteroatoms. The summed E-state index contributed by atoms with van der Waals surface area (Å²) in [6.07, 6.45) is 1.55. The number of allylic oxidation sites excluding steroid dienone is 1. The molecule has 0 aliphatic carbocycles. The number of hydrogen-bond acceptors (Lipinski definition) is 4. The van der Waals surface area contributed by atoms with Crippen LogP contribution in [0.15, 0.2) is 29.5 Å². The number of carbonyl (C=O) groups excluding carboxylic acids is 2. The molecular formula is C10H5ClFNO3. The molecule has 1 aromatic carbocycles. The van der Waals surface area contributed by atoms with Gasteiger partial charge in [-0.3, -0.25) is 4.79 Å². The molecule has 0 N–H and O–H groups in total. The molecule has 0 saturated heterocycles. The van der Waals surface area contributed by atoms with Crippen molar-refractivity contribution < 1.29 is 18.7 Å². The molecule has 0 aliphatic heterocycles. The lowest BCUT2D eigenvalue weighted by atomic mass is 10.3. The van der Waals surface area contributed by atoms with Crippen molar-refractivity contribution in [2.45, 2.75) is 0 Å². The minimum atomic E-state index is -0.794. The van der Waals surface area contributed by atoms with Crippen molar-refractivity contribution in [2.75, 3.05) is 0 Å². The predicted octanol–water partition coefficient (Wildman–Crippen LogP) is 2.54. The highest BCUT2D eigenvalue weighted by atomic mass is 35.5. The summed E-state index contributed by atoms with van der Waals surface area (Å²) in [4.78, 5) is 23.4. The van der Waals surface area contributed by atoms with Crippen LogP contribution in [-0.2, 0) is 9.59 Å². The summed E-state index contributed by atoms with van der Waals surface area (Å²) in [6.45, 7) is 3.26. The summed E-state index contributed by atoms with van der Waals surface area (Å²) in [5.74, 6) is -1.01. The van der Waals surface area contributed by atoms with Gasteiger partial charge in [-0.1, -0.05) is 18.2 Å². The fourth-order valence-corrected chi connectivity index (χ4v) is 1.09. The molecule has 82 valence electrons. The van der Waals surface area contributed by atoms with Crippen LogP contribution in [-0.4, -0.2) is 12.4 Å². The van der Waals surface area contributed by atoms with E-state index in [1.165, 1.54) is 6.08 Å². The van der Waals surface area contributed by atoms with Gasteiger partial charge in [-0.2, -0.15) is 4.99 Å². The van der Waals surface area contributed by atoms with E-state index in [1.54, 1.807) is 0 Å². The maximum atomic E-state index is 13.1. The Labute approximate surface area is 95.0 Å². The van der Waals surface area contributed by atoms with Crippen LogP contribution in [0.2, 0.25) is 5.02 Å². The lowest BCUT2D eigenvalue weighted by Gasteiger charge is -2.06. The van der Waals surface area contributed by atoms with E-state index < -0.39 is 5.82 Å². The van der Waals surface area contributed by atoms with E-state index in [0.29, 0.717) is 6.29 Å². The lowest BCUT2D eigenvalue weighted by Crippen LogP contribution is -1.95. The largest absolute Gasteiger partial charge is 0.453 e. The number of ether oxygens (including phenoxy) is 1. The zero-order chi connectivity index (χ0) is 12.1. The number of nitrogens with zero attached hydrogens (tertiary/aromatic N) is 1. The van der Waals surface area contributed by atoms with E-state index in [4.69, 9.17) is 16.3 Å². The first-order valence-electron chi connectivity index (χ1n) is 3.97. The Balaban J connectivity index is 3.18. The van der Waals surface area contributed by atoms with Crippen LogP contribution in [0.4, 0.5) is 10.1 Å². The second-order valence-electron chi connectivity index (χ2n) is 2.62. The van der Waals surface area contributed by atoms with Gasteiger partial charge in [-0.15, -0.1) is 0 Å². The Morgan fingerprint density at radius 3 is 2.88 bits per heavy atom. The monoisotopic (exact) mass is 241 g/mol. The molecule has 0 heterocycles. The fourth-order valence-electron chi connectivity index (χ4n) is 0.897. The summed E-state index contributed by atoms with van der Waals surface area (Å²) in [5.41, 5.74) is -0.284. The zero-order valence-corrected chi connectivity index (χ0v) is 8.62. The first-order valence-corrected chi connectivity index (χ1v) is 4.35. The quantitative estimate of drug-likeness (QED) is 0.268. The van der Waals surface area contributed by atoms with Crippen LogP contribution < -0.4 is 4.74 Å². The Morgan fingerprint density at radius 1 is 1.62 bits per heavy atom. The smallest absolute Gasteiger partial charge is 0.240 e. The van der Waals surface area contributed by atoms with Crippen LogP contribution in [0.1, 0.15) is 0 Å². The summed E-state index contributed by atoms with van der Waals surface area (Å²) >= 11 is 5.64. The van der Waals surface area contributed by atoms with E-state index in [2.05, 4.69) is 11.6 Å². The number of aliphatic imine (C=N–C) groups is 1. The number of hydrogen-bond donors (Lipinski definition) is 0. The van der Waals surface area contributed by atoms with Gasteiger partial charge in [0.15, 0.2) is 17.9 Å².